The number of hydrogen-bond donors (Lipinski definition) is 1. The van der Waals surface area contributed by atoms with Crippen molar-refractivity contribution in [3.05, 3.63) is 54.6 Å². The van der Waals surface area contributed by atoms with Gasteiger partial charge in [-0.1, -0.05) is 18.2 Å². The largest absolute Gasteiger partial charge is 0.372 e. The fraction of sp³-hybridized carbons (Fsp3) is 0.381. The maximum Gasteiger partial charge on any atom is 0.321 e. The molecule has 2 aliphatic rings. The lowest BCUT2D eigenvalue weighted by molar-refractivity contribution is 0.208. The first kappa shape index (κ1) is 16.8. The minimum Gasteiger partial charge on any atom is -0.372 e. The summed E-state index contributed by atoms with van der Waals surface area (Å²) in [7, 11) is 0. The topological polar surface area (TPSA) is 38.8 Å². The molecular weight excluding hydrogens is 324 g/mol. The molecule has 5 nitrogen and oxygen atoms in total. The highest BCUT2D eigenvalue weighted by Crippen LogP contribution is 2.22. The Balaban J connectivity index is 1.30. The zero-order valence-electron chi connectivity index (χ0n) is 15.1. The van der Waals surface area contributed by atoms with Gasteiger partial charge in [0.2, 0.25) is 0 Å². The molecule has 2 saturated heterocycles. The van der Waals surface area contributed by atoms with Crippen LogP contribution in [0.5, 0.6) is 0 Å². The van der Waals surface area contributed by atoms with Gasteiger partial charge in [0.15, 0.2) is 0 Å². The number of amides is 2. The van der Waals surface area contributed by atoms with Crippen molar-refractivity contribution in [1.29, 1.82) is 0 Å². The molecular formula is C21H26N4O. The third kappa shape index (κ3) is 3.77. The Morgan fingerprint density at radius 2 is 1.27 bits per heavy atom. The lowest BCUT2D eigenvalue weighted by Gasteiger charge is -2.36. The Morgan fingerprint density at radius 1 is 0.692 bits per heavy atom. The van der Waals surface area contributed by atoms with Crippen molar-refractivity contribution >= 4 is 23.1 Å². The quantitative estimate of drug-likeness (QED) is 0.918. The van der Waals surface area contributed by atoms with Crippen molar-refractivity contribution < 1.29 is 4.79 Å². The number of nitrogens with one attached hydrogen (secondary N) is 1. The zero-order chi connectivity index (χ0) is 17.8. The van der Waals surface area contributed by atoms with Crippen LogP contribution in [0.4, 0.5) is 21.9 Å². The highest BCUT2D eigenvalue weighted by Gasteiger charge is 2.21. The van der Waals surface area contributed by atoms with E-state index in [1.165, 1.54) is 24.2 Å². The number of urea groups is 1. The molecule has 2 amide bonds. The van der Waals surface area contributed by atoms with E-state index in [1.807, 2.05) is 23.1 Å². The fourth-order valence-corrected chi connectivity index (χ4v) is 3.74. The highest BCUT2D eigenvalue weighted by molar-refractivity contribution is 5.89. The van der Waals surface area contributed by atoms with E-state index in [9.17, 15) is 4.79 Å². The van der Waals surface area contributed by atoms with Crippen LogP contribution in [0.15, 0.2) is 54.6 Å². The summed E-state index contributed by atoms with van der Waals surface area (Å²) in [6.07, 6.45) is 2.54. The molecule has 2 fully saturated rings. The summed E-state index contributed by atoms with van der Waals surface area (Å²) in [6, 6.07) is 18.6. The number of para-hydroxylation sites is 1. The SMILES string of the molecule is O=C(Nc1ccc(N2CCCC2)cc1)N1CCN(c2ccccc2)CC1. The number of carbonyl (C=O) groups is 1. The maximum absolute atomic E-state index is 12.5. The number of piperazine rings is 1. The predicted octanol–water partition coefficient (Wildman–Crippen LogP) is 3.64. The zero-order valence-corrected chi connectivity index (χ0v) is 15.1. The van der Waals surface area contributed by atoms with E-state index in [1.54, 1.807) is 0 Å². The van der Waals surface area contributed by atoms with E-state index in [4.69, 9.17) is 0 Å². The second-order valence-corrected chi connectivity index (χ2v) is 6.98. The van der Waals surface area contributed by atoms with Crippen LogP contribution >= 0.6 is 0 Å². The summed E-state index contributed by atoms with van der Waals surface area (Å²) < 4.78 is 0. The summed E-state index contributed by atoms with van der Waals surface area (Å²) >= 11 is 0. The normalized spacial score (nSPS) is 17.5. The van der Waals surface area contributed by atoms with Crippen molar-refractivity contribution in [2.45, 2.75) is 12.8 Å². The van der Waals surface area contributed by atoms with E-state index < -0.39 is 0 Å². The minimum absolute atomic E-state index is 0.00775. The highest BCUT2D eigenvalue weighted by atomic mass is 16.2. The summed E-state index contributed by atoms with van der Waals surface area (Å²) in [4.78, 5) is 19.2. The second-order valence-electron chi connectivity index (χ2n) is 6.98. The number of benzene rings is 2. The standard InChI is InChI=1S/C21H26N4O/c26-21(22-18-8-10-20(11-9-18)23-12-4-5-13-23)25-16-14-24(15-17-25)19-6-2-1-3-7-19/h1-3,6-11H,4-5,12-17H2,(H,22,26). The minimum atomic E-state index is -0.00775. The van der Waals surface area contributed by atoms with E-state index in [0.717, 1.165) is 45.0 Å². The number of carbonyl (C=O) groups excluding carboxylic acids is 1. The first-order valence-electron chi connectivity index (χ1n) is 9.50. The van der Waals surface area contributed by atoms with E-state index in [0.29, 0.717) is 0 Å². The number of anilines is 3. The van der Waals surface area contributed by atoms with Gasteiger partial charge in [-0.05, 0) is 49.2 Å². The van der Waals surface area contributed by atoms with Gasteiger partial charge < -0.3 is 20.0 Å². The van der Waals surface area contributed by atoms with Crippen LogP contribution in [0.1, 0.15) is 12.8 Å². The van der Waals surface area contributed by atoms with Gasteiger partial charge in [-0.15, -0.1) is 0 Å². The molecule has 0 bridgehead atoms. The summed E-state index contributed by atoms with van der Waals surface area (Å²) in [6.45, 7) is 5.49. The molecule has 0 radical (unpaired) electrons. The van der Waals surface area contributed by atoms with E-state index in [2.05, 4.69) is 51.5 Å². The molecule has 2 aromatic carbocycles. The van der Waals surface area contributed by atoms with Crippen LogP contribution in [-0.4, -0.2) is 50.2 Å². The van der Waals surface area contributed by atoms with Gasteiger partial charge in [0.05, 0.1) is 0 Å². The van der Waals surface area contributed by atoms with Crippen LogP contribution in [0.2, 0.25) is 0 Å². The molecule has 0 atom stereocenters. The summed E-state index contributed by atoms with van der Waals surface area (Å²) in [5, 5.41) is 3.03. The third-order valence-electron chi connectivity index (χ3n) is 5.28. The molecule has 0 unspecified atom stereocenters. The molecule has 26 heavy (non-hydrogen) atoms. The monoisotopic (exact) mass is 350 g/mol. The average molecular weight is 350 g/mol. The van der Waals surface area contributed by atoms with Crippen molar-refractivity contribution in [1.82, 2.24) is 4.90 Å². The van der Waals surface area contributed by atoms with Gasteiger partial charge in [-0.2, -0.15) is 0 Å². The molecule has 0 aromatic heterocycles. The molecule has 2 aliphatic heterocycles. The lowest BCUT2D eigenvalue weighted by atomic mass is 10.2. The lowest BCUT2D eigenvalue weighted by Crippen LogP contribution is -2.50. The van der Waals surface area contributed by atoms with E-state index >= 15 is 0 Å². The smallest absolute Gasteiger partial charge is 0.321 e. The van der Waals surface area contributed by atoms with Crippen LogP contribution in [0.25, 0.3) is 0 Å². The number of nitrogens with zero attached hydrogens (tertiary/aromatic N) is 3. The summed E-state index contributed by atoms with van der Waals surface area (Å²) in [5.74, 6) is 0. The number of hydrogen-bond acceptors (Lipinski definition) is 3. The Morgan fingerprint density at radius 3 is 1.92 bits per heavy atom. The van der Waals surface area contributed by atoms with Crippen molar-refractivity contribution in [3.63, 3.8) is 0 Å². The van der Waals surface area contributed by atoms with Crippen molar-refractivity contribution in [2.24, 2.45) is 0 Å². The molecule has 2 aromatic rings. The number of rotatable bonds is 3. The summed E-state index contributed by atoms with van der Waals surface area (Å²) in [5.41, 5.74) is 3.34. The van der Waals surface area contributed by atoms with Crippen molar-refractivity contribution in [2.75, 3.05) is 54.4 Å². The molecule has 136 valence electrons. The van der Waals surface area contributed by atoms with Gasteiger partial charge >= 0.3 is 6.03 Å². The average Bonchev–Trinajstić information content (AvgIpc) is 3.24. The van der Waals surface area contributed by atoms with E-state index in [-0.39, 0.29) is 6.03 Å². The van der Waals surface area contributed by atoms with Crippen LogP contribution in [0.3, 0.4) is 0 Å². The Bertz CT molecular complexity index is 717. The molecule has 0 saturated carbocycles. The fourth-order valence-electron chi connectivity index (χ4n) is 3.74. The van der Waals surface area contributed by atoms with Crippen LogP contribution < -0.4 is 15.1 Å². The molecule has 0 spiro atoms. The Labute approximate surface area is 155 Å². The molecule has 4 rings (SSSR count). The van der Waals surface area contributed by atoms with Crippen LogP contribution in [0, 0.1) is 0 Å². The first-order chi connectivity index (χ1) is 12.8. The molecule has 5 heteroatoms. The predicted molar refractivity (Wildman–Crippen MR) is 107 cm³/mol. The van der Waals surface area contributed by atoms with Gasteiger partial charge in [0, 0.05) is 56.3 Å². The van der Waals surface area contributed by atoms with Gasteiger partial charge in [0.25, 0.3) is 0 Å². The Kier molecular flexibility index (Phi) is 4.95. The molecule has 2 heterocycles. The third-order valence-corrected chi connectivity index (χ3v) is 5.28. The van der Waals surface area contributed by atoms with Gasteiger partial charge in [-0.25, -0.2) is 4.79 Å². The maximum atomic E-state index is 12.5. The second kappa shape index (κ2) is 7.68. The van der Waals surface area contributed by atoms with Gasteiger partial charge in [-0.3, -0.25) is 0 Å². The van der Waals surface area contributed by atoms with Crippen LogP contribution in [-0.2, 0) is 0 Å². The van der Waals surface area contributed by atoms with Crippen molar-refractivity contribution in [3.8, 4) is 0 Å². The van der Waals surface area contributed by atoms with Gasteiger partial charge in [0.1, 0.15) is 0 Å². The Hall–Kier alpha value is -2.69. The first-order valence-corrected chi connectivity index (χ1v) is 9.50. The molecule has 1 N–H and O–H groups in total. The molecule has 0 aliphatic carbocycles.